The number of rotatable bonds is 6. The molecular formula is C15H18F3N3. The summed E-state index contributed by atoms with van der Waals surface area (Å²) in [7, 11) is 0. The first-order chi connectivity index (χ1) is 9.95. The quantitative estimate of drug-likeness (QED) is 0.751. The summed E-state index contributed by atoms with van der Waals surface area (Å²) in [5, 5.41) is 4.10. The topological polar surface area (TPSA) is 21.1 Å². The first-order valence-corrected chi connectivity index (χ1v) is 6.96. The van der Waals surface area contributed by atoms with Crippen molar-refractivity contribution in [2.45, 2.75) is 26.6 Å². The van der Waals surface area contributed by atoms with Gasteiger partial charge in [0.05, 0.1) is 6.54 Å². The molecule has 0 unspecified atom stereocenters. The van der Waals surface area contributed by atoms with Gasteiger partial charge in [-0.25, -0.2) is 0 Å². The normalized spacial score (nSPS) is 14.3. The van der Waals surface area contributed by atoms with Crippen molar-refractivity contribution in [2.24, 2.45) is 0 Å². The molecular weight excluding hydrogens is 279 g/mol. The molecule has 0 aromatic carbocycles. The largest absolute Gasteiger partial charge is 0.433 e. The number of halogens is 3. The van der Waals surface area contributed by atoms with Crippen LogP contribution in [0.3, 0.4) is 0 Å². The van der Waals surface area contributed by atoms with Gasteiger partial charge in [-0.1, -0.05) is 19.9 Å². The van der Waals surface area contributed by atoms with Crippen LogP contribution >= 0.6 is 0 Å². The second-order valence-corrected chi connectivity index (χ2v) is 4.75. The highest BCUT2D eigenvalue weighted by Crippen LogP contribution is 2.31. The molecule has 21 heavy (non-hydrogen) atoms. The van der Waals surface area contributed by atoms with Crippen molar-refractivity contribution in [3.63, 3.8) is 0 Å². The number of allylic oxidation sites excluding steroid dienone is 3. The van der Waals surface area contributed by atoms with Gasteiger partial charge in [0.25, 0.3) is 0 Å². The van der Waals surface area contributed by atoms with Gasteiger partial charge in [-0.2, -0.15) is 18.3 Å². The molecule has 0 atom stereocenters. The van der Waals surface area contributed by atoms with Crippen LogP contribution in [0.5, 0.6) is 0 Å². The molecule has 6 heteroatoms. The molecule has 0 bridgehead atoms. The Kier molecular flexibility index (Phi) is 4.70. The molecule has 0 radical (unpaired) electrons. The molecule has 1 heterocycles. The van der Waals surface area contributed by atoms with Crippen molar-refractivity contribution in [1.29, 1.82) is 0 Å². The third-order valence-corrected chi connectivity index (χ3v) is 3.47. The summed E-state index contributed by atoms with van der Waals surface area (Å²) in [5.74, 6) is 0. The minimum atomic E-state index is -4.40. The summed E-state index contributed by atoms with van der Waals surface area (Å²) in [6.45, 7) is 6.35. The molecule has 1 aromatic rings. The van der Waals surface area contributed by atoms with E-state index in [1.807, 2.05) is 13.8 Å². The van der Waals surface area contributed by atoms with E-state index in [-0.39, 0.29) is 6.54 Å². The van der Waals surface area contributed by atoms with Gasteiger partial charge in [-0.15, -0.1) is 5.73 Å². The Hall–Kier alpha value is -1.78. The minimum Gasteiger partial charge on any atom is -0.302 e. The summed E-state index contributed by atoms with van der Waals surface area (Å²) < 4.78 is 40.4. The summed E-state index contributed by atoms with van der Waals surface area (Å²) in [5.41, 5.74) is 3.07. The van der Waals surface area contributed by atoms with Crippen LogP contribution in [0, 0.1) is 0 Å². The highest BCUT2D eigenvalue weighted by Gasteiger charge is 2.36. The Morgan fingerprint density at radius 3 is 2.52 bits per heavy atom. The van der Waals surface area contributed by atoms with E-state index in [0.717, 1.165) is 23.8 Å². The molecule has 0 fully saturated rings. The molecule has 2 rings (SSSR count). The van der Waals surface area contributed by atoms with Crippen LogP contribution in [-0.4, -0.2) is 34.3 Å². The molecule has 1 aromatic heterocycles. The lowest BCUT2D eigenvalue weighted by Crippen LogP contribution is -2.28. The van der Waals surface area contributed by atoms with E-state index in [9.17, 15) is 13.2 Å². The monoisotopic (exact) mass is 297 g/mol. The summed E-state index contributed by atoms with van der Waals surface area (Å²) in [6.07, 6.45) is 0.702. The van der Waals surface area contributed by atoms with Crippen LogP contribution < -0.4 is 0 Å². The Morgan fingerprint density at radius 2 is 2.00 bits per heavy atom. The maximum Gasteiger partial charge on any atom is 0.433 e. The second-order valence-electron chi connectivity index (χ2n) is 4.75. The highest BCUT2D eigenvalue weighted by molar-refractivity contribution is 5.74. The third-order valence-electron chi connectivity index (χ3n) is 3.47. The predicted molar refractivity (Wildman–Crippen MR) is 75.6 cm³/mol. The van der Waals surface area contributed by atoms with Crippen LogP contribution in [0.25, 0.3) is 5.57 Å². The minimum absolute atomic E-state index is 0.219. The van der Waals surface area contributed by atoms with Gasteiger partial charge < -0.3 is 4.90 Å². The van der Waals surface area contributed by atoms with E-state index in [1.54, 1.807) is 18.2 Å². The van der Waals surface area contributed by atoms with Crippen molar-refractivity contribution < 1.29 is 13.2 Å². The van der Waals surface area contributed by atoms with Crippen LogP contribution in [-0.2, 0) is 12.7 Å². The Balaban J connectivity index is 2.26. The number of alkyl halides is 3. The second kappa shape index (κ2) is 6.33. The van der Waals surface area contributed by atoms with E-state index >= 15 is 0 Å². The molecule has 0 amide bonds. The van der Waals surface area contributed by atoms with E-state index in [0.29, 0.717) is 17.8 Å². The standard InChI is InChI=1S/C15H18F3N3/c1-3-20(4-2)9-10-21-14(15(16,17)18)11-13(19-21)12-7-5-6-8-12/h5-7,11H,3-4,9-10H2,1-2H3. The van der Waals surface area contributed by atoms with Crippen LogP contribution in [0.2, 0.25) is 0 Å². The van der Waals surface area contributed by atoms with E-state index in [1.165, 1.54) is 0 Å². The van der Waals surface area contributed by atoms with Crippen LogP contribution in [0.15, 0.2) is 30.0 Å². The van der Waals surface area contributed by atoms with Gasteiger partial charge in [-0.3, -0.25) is 4.68 Å². The lowest BCUT2D eigenvalue weighted by Gasteiger charge is -2.18. The van der Waals surface area contributed by atoms with E-state index in [2.05, 4.69) is 15.7 Å². The Labute approximate surface area is 122 Å². The van der Waals surface area contributed by atoms with E-state index < -0.39 is 11.9 Å². The fourth-order valence-electron chi connectivity index (χ4n) is 2.21. The molecule has 1 aliphatic carbocycles. The van der Waals surface area contributed by atoms with Crippen LogP contribution in [0.1, 0.15) is 25.2 Å². The highest BCUT2D eigenvalue weighted by atomic mass is 19.4. The van der Waals surface area contributed by atoms with Gasteiger partial charge in [0.1, 0.15) is 11.4 Å². The fourth-order valence-corrected chi connectivity index (χ4v) is 2.21. The van der Waals surface area contributed by atoms with Crippen molar-refractivity contribution in [1.82, 2.24) is 14.7 Å². The average molecular weight is 297 g/mol. The van der Waals surface area contributed by atoms with Crippen molar-refractivity contribution in [3.8, 4) is 0 Å². The zero-order valence-corrected chi connectivity index (χ0v) is 12.1. The SMILES string of the molecule is CCN(CC)CCn1nc(C2=C=CC=C2)cc1C(F)(F)F. The zero-order chi connectivity index (χ0) is 15.5. The molecule has 0 N–H and O–H groups in total. The Bertz CT molecular complexity index is 586. The number of aromatic nitrogens is 2. The number of likely N-dealkylation sites (N-methyl/N-ethyl adjacent to an activating group) is 1. The maximum absolute atomic E-state index is 13.1. The van der Waals surface area contributed by atoms with Gasteiger partial charge in [0.2, 0.25) is 0 Å². The summed E-state index contributed by atoms with van der Waals surface area (Å²) >= 11 is 0. The first kappa shape index (κ1) is 15.6. The number of hydrogen-bond donors (Lipinski definition) is 0. The predicted octanol–water partition coefficient (Wildman–Crippen LogP) is 3.35. The molecule has 0 aliphatic heterocycles. The van der Waals surface area contributed by atoms with Crippen molar-refractivity contribution >= 4 is 5.57 Å². The molecule has 0 spiro atoms. The molecule has 114 valence electrons. The molecule has 0 saturated carbocycles. The summed E-state index contributed by atoms with van der Waals surface area (Å²) in [6, 6.07) is 1.09. The number of hydrogen-bond acceptors (Lipinski definition) is 2. The zero-order valence-electron chi connectivity index (χ0n) is 12.1. The van der Waals surface area contributed by atoms with Gasteiger partial charge in [0, 0.05) is 12.1 Å². The molecule has 0 saturated heterocycles. The van der Waals surface area contributed by atoms with Gasteiger partial charge in [0.15, 0.2) is 0 Å². The van der Waals surface area contributed by atoms with E-state index in [4.69, 9.17) is 0 Å². The summed E-state index contributed by atoms with van der Waals surface area (Å²) in [4.78, 5) is 2.07. The number of nitrogens with zero attached hydrogens (tertiary/aromatic N) is 3. The van der Waals surface area contributed by atoms with Crippen molar-refractivity contribution in [3.05, 3.63) is 41.4 Å². The van der Waals surface area contributed by atoms with Gasteiger partial charge >= 0.3 is 6.18 Å². The average Bonchev–Trinajstić information content (AvgIpc) is 3.08. The maximum atomic E-state index is 13.1. The fraction of sp³-hybridized carbons (Fsp3) is 0.467. The van der Waals surface area contributed by atoms with Gasteiger partial charge in [-0.05, 0) is 31.3 Å². The molecule has 3 nitrogen and oxygen atoms in total. The molecule has 1 aliphatic rings. The smallest absolute Gasteiger partial charge is 0.302 e. The first-order valence-electron chi connectivity index (χ1n) is 6.96. The third kappa shape index (κ3) is 3.65. The van der Waals surface area contributed by atoms with Crippen molar-refractivity contribution in [2.75, 3.05) is 19.6 Å². The Morgan fingerprint density at radius 1 is 1.29 bits per heavy atom. The lowest BCUT2D eigenvalue weighted by atomic mass is 10.2. The lowest BCUT2D eigenvalue weighted by molar-refractivity contribution is -0.144. The van der Waals surface area contributed by atoms with Crippen LogP contribution in [0.4, 0.5) is 13.2 Å².